The van der Waals surface area contributed by atoms with Crippen LogP contribution in [0.5, 0.6) is 0 Å². The van der Waals surface area contributed by atoms with Crippen molar-refractivity contribution in [3.8, 4) is 0 Å². The van der Waals surface area contributed by atoms with E-state index in [1.807, 2.05) is 37.3 Å². The Morgan fingerprint density at radius 1 is 1.24 bits per heavy atom. The molecule has 8 nitrogen and oxygen atoms in total. The first kappa shape index (κ1) is 23.1. The number of nitrogens with zero attached hydrogens (tertiary/aromatic N) is 3. The average molecular weight is 469 g/mol. The van der Waals surface area contributed by atoms with Crippen molar-refractivity contribution in [3.05, 3.63) is 76.6 Å². The maximum atomic E-state index is 13.4. The van der Waals surface area contributed by atoms with Crippen LogP contribution in [0.2, 0.25) is 0 Å². The SMILES string of the molecule is Cc1ccc(C(CCc2cn[nH]n2)CC(=O)O)cc1CN1CCCc2ccccc2S1(=O)=O. The highest BCUT2D eigenvalue weighted by Gasteiger charge is 2.30. The number of nitrogens with one attached hydrogen (secondary N) is 1. The number of fused-ring (bicyclic) bond motifs is 1. The Kier molecular flexibility index (Phi) is 6.90. The quantitative estimate of drug-likeness (QED) is 0.523. The van der Waals surface area contributed by atoms with Crippen LogP contribution in [0.4, 0.5) is 0 Å². The van der Waals surface area contributed by atoms with Gasteiger partial charge < -0.3 is 5.11 Å². The molecule has 0 bridgehead atoms. The number of carboxylic acids is 1. The molecule has 2 N–H and O–H groups in total. The van der Waals surface area contributed by atoms with Crippen molar-refractivity contribution in [2.45, 2.75) is 56.4 Å². The fourth-order valence-electron chi connectivity index (χ4n) is 4.40. The monoisotopic (exact) mass is 468 g/mol. The number of carbonyl (C=O) groups is 1. The summed E-state index contributed by atoms with van der Waals surface area (Å²) in [5.74, 6) is -1.08. The van der Waals surface area contributed by atoms with Crippen LogP contribution in [0.15, 0.2) is 53.6 Å². The van der Waals surface area contributed by atoms with Crippen molar-refractivity contribution in [2.75, 3.05) is 6.54 Å². The summed E-state index contributed by atoms with van der Waals surface area (Å²) in [6.45, 7) is 2.67. The largest absolute Gasteiger partial charge is 0.481 e. The van der Waals surface area contributed by atoms with E-state index < -0.39 is 16.0 Å². The number of aromatic nitrogens is 3. The van der Waals surface area contributed by atoms with Crippen LogP contribution in [0.1, 0.15) is 53.1 Å². The number of carboxylic acid groups (broad SMARTS) is 1. The van der Waals surface area contributed by atoms with Crippen molar-refractivity contribution in [1.29, 1.82) is 0 Å². The fourth-order valence-corrected chi connectivity index (χ4v) is 6.11. The van der Waals surface area contributed by atoms with Gasteiger partial charge in [0.05, 0.1) is 23.2 Å². The number of hydrogen-bond donors (Lipinski definition) is 2. The van der Waals surface area contributed by atoms with Crippen LogP contribution in [-0.2, 0) is 34.2 Å². The number of aromatic amines is 1. The van der Waals surface area contributed by atoms with E-state index in [0.717, 1.165) is 40.8 Å². The lowest BCUT2D eigenvalue weighted by molar-refractivity contribution is -0.137. The Labute approximate surface area is 193 Å². The van der Waals surface area contributed by atoms with Crippen LogP contribution in [0.3, 0.4) is 0 Å². The van der Waals surface area contributed by atoms with Gasteiger partial charge in [-0.2, -0.15) is 19.7 Å². The van der Waals surface area contributed by atoms with Crippen molar-refractivity contribution < 1.29 is 18.3 Å². The number of benzene rings is 2. The van der Waals surface area contributed by atoms with Crippen molar-refractivity contribution >= 4 is 16.0 Å². The minimum Gasteiger partial charge on any atom is -0.481 e. The van der Waals surface area contributed by atoms with E-state index in [9.17, 15) is 18.3 Å². The molecule has 174 valence electrons. The van der Waals surface area contributed by atoms with Gasteiger partial charge in [0, 0.05) is 13.1 Å². The number of rotatable bonds is 8. The van der Waals surface area contributed by atoms with E-state index in [4.69, 9.17) is 0 Å². The molecule has 1 aliphatic heterocycles. The van der Waals surface area contributed by atoms with Gasteiger partial charge in [0.25, 0.3) is 0 Å². The summed E-state index contributed by atoms with van der Waals surface area (Å²) in [6, 6.07) is 13.1. The summed E-state index contributed by atoms with van der Waals surface area (Å²) in [5, 5.41) is 19.9. The summed E-state index contributed by atoms with van der Waals surface area (Å²) < 4.78 is 28.3. The minimum absolute atomic E-state index is 0.00423. The summed E-state index contributed by atoms with van der Waals surface area (Å²) in [6.07, 6.45) is 4.34. The van der Waals surface area contributed by atoms with E-state index >= 15 is 0 Å². The highest BCUT2D eigenvalue weighted by molar-refractivity contribution is 7.89. The highest BCUT2D eigenvalue weighted by Crippen LogP contribution is 2.30. The molecule has 9 heteroatoms. The van der Waals surface area contributed by atoms with Gasteiger partial charge in [-0.15, -0.1) is 0 Å². The Morgan fingerprint density at radius 3 is 2.82 bits per heavy atom. The standard InChI is InChI=1S/C24H28N4O4S/c1-17-8-9-19(20(14-24(29)30)10-11-22-15-25-27-26-22)13-21(17)16-28-12-4-6-18-5-2-3-7-23(18)33(28,31)32/h2-3,5,7-9,13,15,20H,4,6,10-12,14,16H2,1H3,(H,29,30)(H,25,26,27). The highest BCUT2D eigenvalue weighted by atomic mass is 32.2. The molecule has 0 spiro atoms. The van der Waals surface area contributed by atoms with Crippen LogP contribution in [0.25, 0.3) is 0 Å². The van der Waals surface area contributed by atoms with Crippen molar-refractivity contribution in [2.24, 2.45) is 0 Å². The zero-order valence-electron chi connectivity index (χ0n) is 18.6. The van der Waals surface area contributed by atoms with Crippen molar-refractivity contribution in [3.63, 3.8) is 0 Å². The fraction of sp³-hybridized carbons (Fsp3) is 0.375. The molecule has 0 radical (unpaired) electrons. The van der Waals surface area contributed by atoms with Gasteiger partial charge in [-0.3, -0.25) is 4.79 Å². The molecule has 2 heterocycles. The lowest BCUT2D eigenvalue weighted by Gasteiger charge is -2.23. The molecule has 0 fully saturated rings. The molecule has 1 atom stereocenters. The molecule has 0 saturated carbocycles. The molecule has 1 unspecified atom stereocenters. The number of H-pyrrole nitrogens is 1. The average Bonchev–Trinajstić information content (AvgIpc) is 3.27. The second-order valence-corrected chi connectivity index (χ2v) is 10.4. The predicted octanol–water partition coefficient (Wildman–Crippen LogP) is 3.44. The summed E-state index contributed by atoms with van der Waals surface area (Å²) in [7, 11) is -3.61. The Bertz CT molecular complexity index is 1230. The molecule has 0 aliphatic carbocycles. The predicted molar refractivity (Wildman–Crippen MR) is 123 cm³/mol. The zero-order chi connectivity index (χ0) is 23.4. The molecular weight excluding hydrogens is 440 g/mol. The van der Waals surface area contributed by atoms with E-state index in [-0.39, 0.29) is 18.9 Å². The molecular formula is C24H28N4O4S. The summed E-state index contributed by atoms with van der Waals surface area (Å²) in [5.41, 5.74) is 4.42. The molecule has 4 rings (SSSR count). The second kappa shape index (κ2) is 9.84. The first-order valence-corrected chi connectivity index (χ1v) is 12.5. The van der Waals surface area contributed by atoms with E-state index in [0.29, 0.717) is 24.3 Å². The first-order valence-electron chi connectivity index (χ1n) is 11.1. The second-order valence-electron chi connectivity index (χ2n) is 8.53. The molecule has 0 saturated heterocycles. The number of hydrogen-bond acceptors (Lipinski definition) is 5. The summed E-state index contributed by atoms with van der Waals surface area (Å²) in [4.78, 5) is 11.9. The van der Waals surface area contributed by atoms with Gasteiger partial charge in [-0.1, -0.05) is 36.4 Å². The maximum absolute atomic E-state index is 13.4. The Hall–Kier alpha value is -3.04. The number of aliphatic carboxylic acids is 1. The third-order valence-electron chi connectivity index (χ3n) is 6.27. The zero-order valence-corrected chi connectivity index (χ0v) is 19.4. The Balaban J connectivity index is 1.60. The van der Waals surface area contributed by atoms with Gasteiger partial charge in [-0.05, 0) is 66.8 Å². The molecule has 1 aliphatic rings. The molecule has 33 heavy (non-hydrogen) atoms. The lowest BCUT2D eigenvalue weighted by atomic mass is 9.88. The maximum Gasteiger partial charge on any atom is 0.303 e. The number of sulfonamides is 1. The van der Waals surface area contributed by atoms with Gasteiger partial charge >= 0.3 is 5.97 Å². The topological polar surface area (TPSA) is 116 Å². The van der Waals surface area contributed by atoms with Crippen molar-refractivity contribution in [1.82, 2.24) is 19.7 Å². The van der Waals surface area contributed by atoms with Crippen LogP contribution in [-0.4, -0.2) is 45.8 Å². The number of aryl methyl sites for hydroxylation is 3. The van der Waals surface area contributed by atoms with Crippen LogP contribution < -0.4 is 0 Å². The van der Waals surface area contributed by atoms with Gasteiger partial charge in [-0.25, -0.2) is 8.42 Å². The molecule has 0 amide bonds. The minimum atomic E-state index is -3.61. The Morgan fingerprint density at radius 2 is 2.06 bits per heavy atom. The lowest BCUT2D eigenvalue weighted by Crippen LogP contribution is -2.31. The third-order valence-corrected chi connectivity index (χ3v) is 8.22. The van der Waals surface area contributed by atoms with Crippen LogP contribution in [0, 0.1) is 6.92 Å². The molecule has 1 aromatic heterocycles. The first-order chi connectivity index (χ1) is 15.8. The van der Waals surface area contributed by atoms with Gasteiger partial charge in [0.2, 0.25) is 10.0 Å². The normalized spacial score (nSPS) is 16.6. The van der Waals surface area contributed by atoms with E-state index in [1.165, 1.54) is 0 Å². The summed E-state index contributed by atoms with van der Waals surface area (Å²) >= 11 is 0. The molecule has 2 aromatic carbocycles. The molecule has 3 aromatic rings. The van der Waals surface area contributed by atoms with Gasteiger partial charge in [0.1, 0.15) is 0 Å². The van der Waals surface area contributed by atoms with Crippen LogP contribution >= 0.6 is 0 Å². The third kappa shape index (κ3) is 5.31. The van der Waals surface area contributed by atoms with Gasteiger partial charge in [0.15, 0.2) is 0 Å². The van der Waals surface area contributed by atoms with E-state index in [2.05, 4.69) is 15.4 Å². The smallest absolute Gasteiger partial charge is 0.303 e. The van der Waals surface area contributed by atoms with E-state index in [1.54, 1.807) is 22.6 Å².